The van der Waals surface area contributed by atoms with E-state index < -0.39 is 11.9 Å². The summed E-state index contributed by atoms with van der Waals surface area (Å²) in [5.74, 6) is -1.51. The Balaban J connectivity index is 2.15. The van der Waals surface area contributed by atoms with Gasteiger partial charge in [0.2, 0.25) is 5.91 Å². The molecule has 1 rings (SSSR count). The number of carboxylic acid groups (broad SMARTS) is 1. The number of hydrogen-bond acceptors (Lipinski definition) is 3. The minimum absolute atomic E-state index is 0.0845. The Morgan fingerprint density at radius 2 is 2.22 bits per heavy atom. The van der Waals surface area contributed by atoms with E-state index in [0.717, 1.165) is 16.6 Å². The predicted octanol–water partition coefficient (Wildman–Crippen LogP) is 2.67. The summed E-state index contributed by atoms with van der Waals surface area (Å²) < 4.78 is 1.09. The number of thiophene rings is 1. The van der Waals surface area contributed by atoms with Crippen LogP contribution in [0, 0.1) is 5.92 Å². The van der Waals surface area contributed by atoms with Crippen LogP contribution in [0.25, 0.3) is 0 Å². The molecule has 0 aliphatic rings. The highest BCUT2D eigenvalue weighted by Gasteiger charge is 2.11. The smallest absolute Gasteiger partial charge is 0.308 e. The molecular weight excluding hydrogens is 318 g/mol. The highest BCUT2D eigenvalue weighted by Crippen LogP contribution is 2.23. The number of nitrogens with one attached hydrogen (secondary N) is 1. The van der Waals surface area contributed by atoms with E-state index in [0.29, 0.717) is 6.42 Å². The van der Waals surface area contributed by atoms with Gasteiger partial charge in [-0.15, -0.1) is 11.3 Å². The maximum Gasteiger partial charge on any atom is 0.308 e. The molecule has 0 aliphatic carbocycles. The second kappa shape index (κ2) is 7.53. The number of aliphatic carboxylic acids is 1. The van der Waals surface area contributed by atoms with Crippen LogP contribution in [0.2, 0.25) is 0 Å². The van der Waals surface area contributed by atoms with Gasteiger partial charge in [0.25, 0.3) is 0 Å². The lowest BCUT2D eigenvalue weighted by Gasteiger charge is -2.07. The van der Waals surface area contributed by atoms with Gasteiger partial charge in [-0.3, -0.25) is 9.59 Å². The lowest BCUT2D eigenvalue weighted by atomic mass is 10.1. The molecule has 2 N–H and O–H groups in total. The molecule has 1 aromatic rings. The van der Waals surface area contributed by atoms with Crippen molar-refractivity contribution in [3.05, 3.63) is 20.8 Å². The Bertz CT molecular complexity index is 419. The van der Waals surface area contributed by atoms with Gasteiger partial charge in [-0.1, -0.05) is 6.92 Å². The predicted molar refractivity (Wildman–Crippen MR) is 74.8 cm³/mol. The van der Waals surface area contributed by atoms with Gasteiger partial charge in [0.1, 0.15) is 0 Å². The van der Waals surface area contributed by atoms with Gasteiger partial charge in [-0.05, 0) is 40.9 Å². The number of carbonyl (C=O) groups excluding carboxylic acids is 1. The van der Waals surface area contributed by atoms with Crippen LogP contribution >= 0.6 is 27.3 Å². The first-order valence-corrected chi connectivity index (χ1v) is 7.33. The summed E-state index contributed by atoms with van der Waals surface area (Å²) in [5, 5.41) is 11.3. The quantitative estimate of drug-likeness (QED) is 0.806. The topological polar surface area (TPSA) is 66.4 Å². The van der Waals surface area contributed by atoms with Crippen LogP contribution in [-0.2, 0) is 16.0 Å². The molecule has 1 unspecified atom stereocenters. The molecule has 18 heavy (non-hydrogen) atoms. The van der Waals surface area contributed by atoms with E-state index in [9.17, 15) is 9.59 Å². The number of amides is 1. The Labute approximate surface area is 119 Å². The summed E-state index contributed by atoms with van der Waals surface area (Å²) in [6.07, 6.45) is 2.08. The maximum atomic E-state index is 11.5. The third-order valence-electron chi connectivity index (χ3n) is 2.48. The summed E-state index contributed by atoms with van der Waals surface area (Å²) in [6, 6.07) is 4.04. The minimum Gasteiger partial charge on any atom is -0.481 e. The van der Waals surface area contributed by atoms with Gasteiger partial charge in [-0.25, -0.2) is 0 Å². The van der Waals surface area contributed by atoms with Crippen molar-refractivity contribution in [2.75, 3.05) is 6.54 Å². The van der Waals surface area contributed by atoms with Crippen LogP contribution in [0.4, 0.5) is 0 Å². The second-order valence-electron chi connectivity index (χ2n) is 4.10. The molecule has 0 bridgehead atoms. The highest BCUT2D eigenvalue weighted by molar-refractivity contribution is 9.11. The number of carboxylic acids is 1. The van der Waals surface area contributed by atoms with Crippen molar-refractivity contribution in [2.45, 2.75) is 26.2 Å². The number of aryl methyl sites for hydroxylation is 1. The second-order valence-corrected chi connectivity index (χ2v) is 6.65. The Kier molecular flexibility index (Phi) is 6.35. The van der Waals surface area contributed by atoms with Crippen molar-refractivity contribution in [2.24, 2.45) is 5.92 Å². The van der Waals surface area contributed by atoms with Crippen molar-refractivity contribution in [1.82, 2.24) is 5.32 Å². The Morgan fingerprint density at radius 3 is 2.78 bits per heavy atom. The van der Waals surface area contributed by atoms with E-state index >= 15 is 0 Å². The van der Waals surface area contributed by atoms with Crippen molar-refractivity contribution >= 4 is 39.1 Å². The molecule has 0 fully saturated rings. The molecule has 4 nitrogen and oxygen atoms in total. The molecule has 1 aromatic heterocycles. The first-order chi connectivity index (χ1) is 8.49. The van der Waals surface area contributed by atoms with Crippen LogP contribution in [0.5, 0.6) is 0 Å². The van der Waals surface area contributed by atoms with E-state index in [2.05, 4.69) is 21.2 Å². The zero-order chi connectivity index (χ0) is 13.5. The lowest BCUT2D eigenvalue weighted by Crippen LogP contribution is -2.31. The third kappa shape index (κ3) is 5.64. The zero-order valence-corrected chi connectivity index (χ0v) is 12.5. The summed E-state index contributed by atoms with van der Waals surface area (Å²) in [4.78, 5) is 23.3. The van der Waals surface area contributed by atoms with Crippen molar-refractivity contribution in [3.63, 3.8) is 0 Å². The van der Waals surface area contributed by atoms with E-state index in [4.69, 9.17) is 5.11 Å². The van der Waals surface area contributed by atoms with Crippen LogP contribution in [-0.4, -0.2) is 23.5 Å². The van der Waals surface area contributed by atoms with E-state index in [1.165, 1.54) is 4.88 Å². The molecule has 1 amide bonds. The first-order valence-electron chi connectivity index (χ1n) is 5.72. The molecule has 0 spiro atoms. The fraction of sp³-hybridized carbons (Fsp3) is 0.500. The van der Waals surface area contributed by atoms with Crippen LogP contribution < -0.4 is 5.32 Å². The van der Waals surface area contributed by atoms with Gasteiger partial charge >= 0.3 is 5.97 Å². The zero-order valence-electron chi connectivity index (χ0n) is 10.1. The lowest BCUT2D eigenvalue weighted by molar-refractivity contribution is -0.141. The average molecular weight is 334 g/mol. The highest BCUT2D eigenvalue weighted by atomic mass is 79.9. The summed E-state index contributed by atoms with van der Waals surface area (Å²) in [6.45, 7) is 1.77. The molecule has 0 saturated heterocycles. The molecule has 0 saturated carbocycles. The van der Waals surface area contributed by atoms with Gasteiger partial charge in [0.15, 0.2) is 0 Å². The SMILES string of the molecule is CC(CNC(=O)CCCc1ccc(Br)s1)C(=O)O. The molecule has 6 heteroatoms. The molecule has 0 aliphatic heterocycles. The number of hydrogen-bond donors (Lipinski definition) is 2. The fourth-order valence-electron chi connectivity index (χ4n) is 1.35. The van der Waals surface area contributed by atoms with E-state index in [1.54, 1.807) is 18.3 Å². The van der Waals surface area contributed by atoms with E-state index in [-0.39, 0.29) is 12.5 Å². The monoisotopic (exact) mass is 333 g/mol. The molecule has 1 atom stereocenters. The van der Waals surface area contributed by atoms with Crippen LogP contribution in [0.3, 0.4) is 0 Å². The minimum atomic E-state index is -0.890. The van der Waals surface area contributed by atoms with Crippen molar-refractivity contribution < 1.29 is 14.7 Å². The standard InChI is InChI=1S/C12H16BrNO3S/c1-8(12(16)17)7-14-11(15)4-2-3-9-5-6-10(13)18-9/h5-6,8H,2-4,7H2,1H3,(H,14,15)(H,16,17). The number of carbonyl (C=O) groups is 2. The average Bonchev–Trinajstić information content (AvgIpc) is 2.71. The molecule has 0 radical (unpaired) electrons. The molecule has 0 aromatic carbocycles. The normalized spacial score (nSPS) is 12.1. The van der Waals surface area contributed by atoms with Crippen LogP contribution in [0.15, 0.2) is 15.9 Å². The fourth-order valence-corrected chi connectivity index (χ4v) is 2.88. The maximum absolute atomic E-state index is 11.5. The molecule has 1 heterocycles. The third-order valence-corrected chi connectivity index (χ3v) is 4.17. The number of halogens is 1. The van der Waals surface area contributed by atoms with Gasteiger partial charge < -0.3 is 10.4 Å². The largest absolute Gasteiger partial charge is 0.481 e. The first kappa shape index (κ1) is 15.2. The molecule has 100 valence electrons. The summed E-state index contributed by atoms with van der Waals surface area (Å²) >= 11 is 5.06. The summed E-state index contributed by atoms with van der Waals surface area (Å²) in [5.41, 5.74) is 0. The van der Waals surface area contributed by atoms with Crippen molar-refractivity contribution in [1.29, 1.82) is 0 Å². The molecular formula is C12H16BrNO3S. The van der Waals surface area contributed by atoms with Crippen LogP contribution in [0.1, 0.15) is 24.6 Å². The Hall–Kier alpha value is -0.880. The van der Waals surface area contributed by atoms with Gasteiger partial charge in [-0.2, -0.15) is 0 Å². The number of rotatable bonds is 7. The van der Waals surface area contributed by atoms with Crippen molar-refractivity contribution in [3.8, 4) is 0 Å². The van der Waals surface area contributed by atoms with E-state index in [1.807, 2.05) is 12.1 Å². The van der Waals surface area contributed by atoms with Gasteiger partial charge in [0.05, 0.1) is 9.70 Å². The van der Waals surface area contributed by atoms with Gasteiger partial charge in [0, 0.05) is 17.8 Å². The summed E-state index contributed by atoms with van der Waals surface area (Å²) in [7, 11) is 0. The Morgan fingerprint density at radius 1 is 1.50 bits per heavy atom.